The van der Waals surface area contributed by atoms with E-state index in [1.54, 1.807) is 0 Å². The largest absolute Gasteiger partial charge is 0.220 e. The van der Waals surface area contributed by atoms with Gasteiger partial charge in [0.05, 0.1) is 10.9 Å². The first-order chi connectivity index (χ1) is 15.2. The predicted molar refractivity (Wildman–Crippen MR) is 136 cm³/mol. The molecule has 0 radical (unpaired) electrons. The van der Waals surface area contributed by atoms with Crippen LogP contribution in [0.15, 0.2) is 60.7 Å². The van der Waals surface area contributed by atoms with E-state index in [0.29, 0.717) is 5.92 Å². The van der Waals surface area contributed by atoms with Gasteiger partial charge in [0.15, 0.2) is 5.69 Å². The smallest absolute Gasteiger partial charge is 0.198 e. The minimum atomic E-state index is 0.0109. The lowest BCUT2D eigenvalue weighted by Crippen LogP contribution is -2.35. The highest BCUT2D eigenvalue weighted by Gasteiger charge is 2.36. The van der Waals surface area contributed by atoms with Crippen molar-refractivity contribution in [1.29, 1.82) is 0 Å². The van der Waals surface area contributed by atoms with Gasteiger partial charge in [0.1, 0.15) is 7.05 Å². The van der Waals surface area contributed by atoms with Crippen molar-refractivity contribution in [2.24, 2.45) is 13.0 Å². The van der Waals surface area contributed by atoms with Crippen molar-refractivity contribution in [3.63, 3.8) is 0 Å². The fourth-order valence-electron chi connectivity index (χ4n) is 5.66. The molecule has 1 aliphatic carbocycles. The molecule has 3 aromatic carbocycles. The topological polar surface area (TPSA) is 3.88 Å². The van der Waals surface area contributed by atoms with E-state index in [2.05, 4.69) is 114 Å². The van der Waals surface area contributed by atoms with Gasteiger partial charge >= 0.3 is 0 Å². The van der Waals surface area contributed by atoms with E-state index in [-0.39, 0.29) is 5.41 Å². The summed E-state index contributed by atoms with van der Waals surface area (Å²) in [4.78, 5) is 0. The van der Waals surface area contributed by atoms with Crippen molar-refractivity contribution in [2.45, 2.75) is 53.4 Å². The van der Waals surface area contributed by atoms with Gasteiger partial charge in [-0.25, -0.2) is 0 Å². The molecule has 0 fully saturated rings. The number of hydrogen-bond donors (Lipinski definition) is 0. The summed E-state index contributed by atoms with van der Waals surface area (Å²) < 4.78 is 2.37. The predicted octanol–water partition coefficient (Wildman–Crippen LogP) is 7.45. The Kier molecular flexibility index (Phi) is 4.78. The van der Waals surface area contributed by atoms with Gasteiger partial charge in [-0.15, -0.1) is 0 Å². The monoisotopic (exact) mass is 420 g/mol. The fourth-order valence-corrected chi connectivity index (χ4v) is 5.66. The minimum Gasteiger partial charge on any atom is -0.198 e. The highest BCUT2D eigenvalue weighted by molar-refractivity contribution is 5.95. The zero-order chi connectivity index (χ0) is 22.8. The summed E-state index contributed by atoms with van der Waals surface area (Å²) in [5.41, 5.74) is 12.4. The molecule has 0 saturated carbocycles. The number of fused-ring (bicyclic) bond motifs is 4. The van der Waals surface area contributed by atoms with Crippen molar-refractivity contribution in [2.75, 3.05) is 0 Å². The van der Waals surface area contributed by atoms with Crippen LogP contribution in [0, 0.1) is 19.8 Å². The summed E-state index contributed by atoms with van der Waals surface area (Å²) in [7, 11) is 2.21. The Labute approximate surface area is 192 Å². The second kappa shape index (κ2) is 7.30. The molecule has 1 aliphatic rings. The van der Waals surface area contributed by atoms with Gasteiger partial charge in [-0.2, -0.15) is 4.57 Å². The van der Waals surface area contributed by atoms with Crippen molar-refractivity contribution >= 4 is 10.8 Å². The molecular weight excluding hydrogens is 386 g/mol. The molecule has 0 saturated heterocycles. The molecule has 1 heterocycles. The number of pyridine rings is 1. The van der Waals surface area contributed by atoms with Crippen LogP contribution in [0.1, 0.15) is 55.6 Å². The fraction of sp³-hybridized carbons (Fsp3) is 0.323. The summed E-state index contributed by atoms with van der Waals surface area (Å²) in [5, 5.41) is 2.68. The Morgan fingerprint density at radius 3 is 2.31 bits per heavy atom. The second-order valence-electron chi connectivity index (χ2n) is 10.6. The first-order valence-electron chi connectivity index (χ1n) is 11.9. The van der Waals surface area contributed by atoms with Crippen molar-refractivity contribution in [3.8, 4) is 22.4 Å². The first kappa shape index (κ1) is 20.9. The number of rotatable bonds is 3. The molecule has 5 rings (SSSR count). The van der Waals surface area contributed by atoms with E-state index in [1.807, 2.05) is 0 Å². The van der Waals surface area contributed by atoms with E-state index in [4.69, 9.17) is 0 Å². The number of hydrogen-bond acceptors (Lipinski definition) is 0. The van der Waals surface area contributed by atoms with Gasteiger partial charge in [-0.3, -0.25) is 0 Å². The van der Waals surface area contributed by atoms with E-state index in [1.165, 1.54) is 61.1 Å². The Morgan fingerprint density at radius 1 is 0.812 bits per heavy atom. The maximum Gasteiger partial charge on any atom is 0.220 e. The van der Waals surface area contributed by atoms with Crippen LogP contribution >= 0.6 is 0 Å². The SMILES string of the molecule is Cc1cc2c(cc1-c1c3ccc(CC(C)C)cc3cc(C)[n+]1C)C(C)(C)c1ccccc1-2. The van der Waals surface area contributed by atoms with Crippen LogP contribution in [0.3, 0.4) is 0 Å². The van der Waals surface area contributed by atoms with E-state index >= 15 is 0 Å². The molecule has 1 heteroatoms. The first-order valence-corrected chi connectivity index (χ1v) is 11.9. The molecule has 162 valence electrons. The molecule has 0 amide bonds. The molecule has 1 nitrogen and oxygen atoms in total. The molecule has 0 spiro atoms. The van der Waals surface area contributed by atoms with Crippen molar-refractivity contribution in [1.82, 2.24) is 0 Å². The normalized spacial score (nSPS) is 14.1. The summed E-state index contributed by atoms with van der Waals surface area (Å²) in [6, 6.07) is 23.2. The quantitative estimate of drug-likeness (QED) is 0.303. The minimum absolute atomic E-state index is 0.0109. The molecule has 0 atom stereocenters. The maximum atomic E-state index is 2.47. The third-order valence-electron chi connectivity index (χ3n) is 7.43. The number of aryl methyl sites for hydroxylation is 2. The zero-order valence-electron chi connectivity index (χ0n) is 20.5. The molecule has 0 unspecified atom stereocenters. The molecule has 0 N–H and O–H groups in total. The number of nitrogens with zero attached hydrogens (tertiary/aromatic N) is 1. The van der Waals surface area contributed by atoms with Gasteiger partial charge in [0.2, 0.25) is 5.69 Å². The highest BCUT2D eigenvalue weighted by atomic mass is 14.9. The van der Waals surface area contributed by atoms with Crippen LogP contribution in [0.4, 0.5) is 0 Å². The summed E-state index contributed by atoms with van der Waals surface area (Å²) in [6.45, 7) is 13.8. The number of aromatic nitrogens is 1. The molecular formula is C31H34N+. The Bertz CT molecular complexity index is 1370. The van der Waals surface area contributed by atoms with Gasteiger partial charge in [0, 0.05) is 18.4 Å². The van der Waals surface area contributed by atoms with Crippen LogP contribution in [0.5, 0.6) is 0 Å². The standard InChI is InChI=1S/C31H34N/c1-19(2)14-22-12-13-24-23(17-22)16-21(4)32(7)30(24)26-18-29-27(15-20(26)3)25-10-8-9-11-28(25)31(29,5)6/h8-13,15-19H,14H2,1-7H3/q+1. The third kappa shape index (κ3) is 3.10. The molecule has 32 heavy (non-hydrogen) atoms. The van der Waals surface area contributed by atoms with Crippen LogP contribution < -0.4 is 4.57 Å². The lowest BCUT2D eigenvalue weighted by molar-refractivity contribution is -0.665. The van der Waals surface area contributed by atoms with Gasteiger partial charge in [-0.05, 0) is 70.2 Å². The number of benzene rings is 3. The maximum absolute atomic E-state index is 2.47. The molecule has 1 aromatic heterocycles. The lowest BCUT2D eigenvalue weighted by Gasteiger charge is -2.22. The average molecular weight is 421 g/mol. The zero-order valence-corrected chi connectivity index (χ0v) is 20.5. The highest BCUT2D eigenvalue weighted by Crippen LogP contribution is 2.50. The molecule has 0 bridgehead atoms. The summed E-state index contributed by atoms with van der Waals surface area (Å²) in [6.07, 6.45) is 1.12. The second-order valence-corrected chi connectivity index (χ2v) is 10.6. The van der Waals surface area contributed by atoms with Crippen LogP contribution in [-0.4, -0.2) is 0 Å². The molecule has 4 aromatic rings. The van der Waals surface area contributed by atoms with Crippen molar-refractivity contribution < 1.29 is 4.57 Å². The van der Waals surface area contributed by atoms with Crippen molar-refractivity contribution in [3.05, 3.63) is 88.6 Å². The lowest BCUT2D eigenvalue weighted by atomic mass is 9.81. The van der Waals surface area contributed by atoms with Gasteiger partial charge in [0.25, 0.3) is 0 Å². The average Bonchev–Trinajstić information content (AvgIpc) is 2.95. The Balaban J connectivity index is 1.77. The van der Waals surface area contributed by atoms with E-state index in [9.17, 15) is 0 Å². The Morgan fingerprint density at radius 2 is 1.56 bits per heavy atom. The molecule has 0 aliphatic heterocycles. The van der Waals surface area contributed by atoms with E-state index in [0.717, 1.165) is 6.42 Å². The van der Waals surface area contributed by atoms with Gasteiger partial charge < -0.3 is 0 Å². The summed E-state index contributed by atoms with van der Waals surface area (Å²) in [5.74, 6) is 0.663. The summed E-state index contributed by atoms with van der Waals surface area (Å²) >= 11 is 0. The Hall–Kier alpha value is -2.93. The van der Waals surface area contributed by atoms with Crippen LogP contribution in [0.2, 0.25) is 0 Å². The van der Waals surface area contributed by atoms with Crippen LogP contribution in [-0.2, 0) is 18.9 Å². The van der Waals surface area contributed by atoms with Gasteiger partial charge in [-0.1, -0.05) is 70.2 Å². The third-order valence-corrected chi connectivity index (χ3v) is 7.43. The van der Waals surface area contributed by atoms with E-state index < -0.39 is 0 Å². The van der Waals surface area contributed by atoms with Crippen LogP contribution in [0.25, 0.3) is 33.2 Å².